The van der Waals surface area contributed by atoms with Crippen molar-refractivity contribution in [2.24, 2.45) is 0 Å². The van der Waals surface area contributed by atoms with Gasteiger partial charge in [-0.05, 0) is 12.1 Å². The summed E-state index contributed by atoms with van der Waals surface area (Å²) in [5, 5.41) is 28.9. The van der Waals surface area contributed by atoms with Crippen LogP contribution < -0.4 is 5.32 Å². The van der Waals surface area contributed by atoms with E-state index in [4.69, 9.17) is 15.2 Å². The van der Waals surface area contributed by atoms with Gasteiger partial charge in [-0.1, -0.05) is 18.2 Å². The van der Waals surface area contributed by atoms with Crippen molar-refractivity contribution in [2.75, 3.05) is 5.32 Å². The molecule has 1 rings (SSSR count). The Morgan fingerprint density at radius 1 is 1.31 bits per heavy atom. The van der Waals surface area contributed by atoms with Crippen LogP contribution in [0.5, 0.6) is 0 Å². The van der Waals surface area contributed by atoms with Gasteiger partial charge in [-0.25, -0.2) is 4.79 Å². The third-order valence-electron chi connectivity index (χ3n) is 1.86. The first-order chi connectivity index (χ1) is 7.59. The van der Waals surface area contributed by atoms with Crippen LogP contribution in [0.4, 0.5) is 5.69 Å². The van der Waals surface area contributed by atoms with Crippen LogP contribution in [-0.2, 0) is 4.79 Å². The molecule has 0 aliphatic heterocycles. The van der Waals surface area contributed by atoms with Gasteiger partial charge in [0.1, 0.15) is 0 Å². The van der Waals surface area contributed by atoms with E-state index < -0.39 is 13.1 Å². The minimum absolute atomic E-state index is 0.0983. The molecule has 0 atom stereocenters. The van der Waals surface area contributed by atoms with Gasteiger partial charge in [0.05, 0.1) is 5.57 Å². The van der Waals surface area contributed by atoms with E-state index >= 15 is 0 Å². The highest BCUT2D eigenvalue weighted by atomic mass is 16.4. The van der Waals surface area contributed by atoms with E-state index in [9.17, 15) is 4.79 Å². The molecule has 1 aromatic rings. The Hall–Kier alpha value is -1.79. The number of para-hydroxylation sites is 1. The Balaban J connectivity index is 2.68. The highest BCUT2D eigenvalue weighted by Gasteiger charge is 2.15. The molecular formula is C10H12BNO4. The van der Waals surface area contributed by atoms with Crippen molar-refractivity contribution < 1.29 is 19.9 Å². The zero-order chi connectivity index (χ0) is 12.0. The van der Waals surface area contributed by atoms with Crippen LogP contribution in [0.2, 0.25) is 6.32 Å². The number of anilines is 1. The predicted octanol–water partition coefficient (Wildman–Crippen LogP) is 0.540. The Morgan fingerprint density at radius 3 is 2.44 bits per heavy atom. The second kappa shape index (κ2) is 5.94. The van der Waals surface area contributed by atoms with Gasteiger partial charge in [-0.2, -0.15) is 0 Å². The van der Waals surface area contributed by atoms with Crippen molar-refractivity contribution in [1.82, 2.24) is 0 Å². The first kappa shape index (κ1) is 12.3. The monoisotopic (exact) mass is 221 g/mol. The summed E-state index contributed by atoms with van der Waals surface area (Å²) in [5.41, 5.74) is 0.632. The molecule has 0 bridgehead atoms. The van der Waals surface area contributed by atoms with Gasteiger partial charge in [0.25, 0.3) is 0 Å². The molecule has 84 valence electrons. The van der Waals surface area contributed by atoms with Crippen LogP contribution in [0.1, 0.15) is 0 Å². The fourth-order valence-corrected chi connectivity index (χ4v) is 1.11. The Morgan fingerprint density at radius 2 is 1.94 bits per heavy atom. The number of carboxylic acids is 1. The number of carboxylic acid groups (broad SMARTS) is 1. The van der Waals surface area contributed by atoms with Gasteiger partial charge in [-0.3, -0.25) is 0 Å². The molecule has 0 saturated carbocycles. The van der Waals surface area contributed by atoms with E-state index in [0.717, 1.165) is 5.69 Å². The Labute approximate surface area is 93.2 Å². The minimum atomic E-state index is -1.67. The highest BCUT2D eigenvalue weighted by molar-refractivity contribution is 6.43. The lowest BCUT2D eigenvalue weighted by molar-refractivity contribution is -0.132. The minimum Gasteiger partial charge on any atom is -0.478 e. The molecule has 0 heterocycles. The Kier molecular flexibility index (Phi) is 4.56. The number of nitrogens with one attached hydrogen (secondary N) is 1. The summed E-state index contributed by atoms with van der Waals surface area (Å²) in [7, 11) is -1.67. The molecule has 0 aliphatic carbocycles. The van der Waals surface area contributed by atoms with Crippen molar-refractivity contribution in [3.8, 4) is 0 Å². The third-order valence-corrected chi connectivity index (χ3v) is 1.86. The number of hydrogen-bond acceptors (Lipinski definition) is 4. The molecule has 6 heteroatoms. The van der Waals surface area contributed by atoms with E-state index in [2.05, 4.69) is 5.32 Å². The first-order valence-corrected chi connectivity index (χ1v) is 4.69. The smallest absolute Gasteiger partial charge is 0.456 e. The number of carbonyl (C=O) groups is 1. The molecule has 0 saturated heterocycles. The van der Waals surface area contributed by atoms with E-state index in [0.29, 0.717) is 0 Å². The van der Waals surface area contributed by atoms with Crippen molar-refractivity contribution >= 4 is 18.8 Å². The molecule has 0 spiro atoms. The molecule has 16 heavy (non-hydrogen) atoms. The molecule has 0 fully saturated rings. The third kappa shape index (κ3) is 4.16. The average molecular weight is 221 g/mol. The van der Waals surface area contributed by atoms with Gasteiger partial charge in [0, 0.05) is 18.2 Å². The SMILES string of the molecule is O=C(O)C(=CNc1ccccc1)CB(O)O. The maximum absolute atomic E-state index is 10.7. The van der Waals surface area contributed by atoms with Crippen molar-refractivity contribution in [1.29, 1.82) is 0 Å². The average Bonchev–Trinajstić information content (AvgIpc) is 2.25. The lowest BCUT2D eigenvalue weighted by Gasteiger charge is -2.04. The second-order valence-corrected chi connectivity index (χ2v) is 3.17. The number of rotatable bonds is 5. The van der Waals surface area contributed by atoms with Crippen molar-refractivity contribution in [3.05, 3.63) is 42.1 Å². The molecule has 4 N–H and O–H groups in total. The molecule has 0 amide bonds. The zero-order valence-corrected chi connectivity index (χ0v) is 8.50. The van der Waals surface area contributed by atoms with Crippen LogP contribution in [0.25, 0.3) is 0 Å². The number of hydrogen-bond donors (Lipinski definition) is 4. The molecule has 0 unspecified atom stereocenters. The van der Waals surface area contributed by atoms with E-state index in [1.165, 1.54) is 6.20 Å². The lowest BCUT2D eigenvalue weighted by atomic mass is 9.82. The standard InChI is InChI=1S/C10H12BNO4/c13-10(14)8(6-11(15)16)7-12-9-4-2-1-3-5-9/h1-5,7,12,15-16H,6H2,(H,13,14). The summed E-state index contributed by atoms with van der Waals surface area (Å²) in [6.07, 6.45) is 0.923. The summed E-state index contributed by atoms with van der Waals surface area (Å²) in [5.74, 6) is -1.18. The fraction of sp³-hybridized carbons (Fsp3) is 0.100. The molecule has 0 aliphatic rings. The summed E-state index contributed by atoms with van der Waals surface area (Å²) >= 11 is 0. The summed E-state index contributed by atoms with van der Waals surface area (Å²) in [4.78, 5) is 10.7. The van der Waals surface area contributed by atoms with Gasteiger partial charge in [0.15, 0.2) is 0 Å². The largest absolute Gasteiger partial charge is 0.478 e. The van der Waals surface area contributed by atoms with Crippen LogP contribution in [0, 0.1) is 0 Å². The summed E-state index contributed by atoms with van der Waals surface area (Å²) < 4.78 is 0. The van der Waals surface area contributed by atoms with Crippen LogP contribution >= 0.6 is 0 Å². The quantitative estimate of drug-likeness (QED) is 0.430. The Bertz CT molecular complexity index is 378. The maximum Gasteiger partial charge on any atom is 0.456 e. The molecule has 5 nitrogen and oxygen atoms in total. The van der Waals surface area contributed by atoms with Gasteiger partial charge >= 0.3 is 13.1 Å². The van der Waals surface area contributed by atoms with Crippen molar-refractivity contribution in [2.45, 2.75) is 6.32 Å². The normalized spacial score (nSPS) is 11.0. The van der Waals surface area contributed by atoms with E-state index in [-0.39, 0.29) is 11.9 Å². The predicted molar refractivity (Wildman–Crippen MR) is 60.8 cm³/mol. The van der Waals surface area contributed by atoms with Crippen LogP contribution in [0.15, 0.2) is 42.1 Å². The summed E-state index contributed by atoms with van der Waals surface area (Å²) in [6.45, 7) is 0. The van der Waals surface area contributed by atoms with Gasteiger partial charge < -0.3 is 20.5 Å². The molecule has 1 aromatic carbocycles. The number of aliphatic carboxylic acids is 1. The van der Waals surface area contributed by atoms with Crippen molar-refractivity contribution in [3.63, 3.8) is 0 Å². The highest BCUT2D eigenvalue weighted by Crippen LogP contribution is 2.08. The zero-order valence-electron chi connectivity index (χ0n) is 8.50. The van der Waals surface area contributed by atoms with Crippen LogP contribution in [0.3, 0.4) is 0 Å². The first-order valence-electron chi connectivity index (χ1n) is 4.69. The van der Waals surface area contributed by atoms with E-state index in [1.54, 1.807) is 24.3 Å². The lowest BCUT2D eigenvalue weighted by Crippen LogP contribution is -2.16. The summed E-state index contributed by atoms with van der Waals surface area (Å²) in [6, 6.07) is 8.98. The number of benzene rings is 1. The second-order valence-electron chi connectivity index (χ2n) is 3.17. The fourth-order valence-electron chi connectivity index (χ4n) is 1.11. The van der Waals surface area contributed by atoms with Gasteiger partial charge in [0.2, 0.25) is 0 Å². The van der Waals surface area contributed by atoms with Gasteiger partial charge in [-0.15, -0.1) is 0 Å². The van der Waals surface area contributed by atoms with Crippen LogP contribution in [-0.4, -0.2) is 28.2 Å². The molecule has 0 aromatic heterocycles. The topological polar surface area (TPSA) is 89.8 Å². The van der Waals surface area contributed by atoms with E-state index in [1.807, 2.05) is 6.07 Å². The maximum atomic E-state index is 10.7. The molecule has 0 radical (unpaired) electrons. The molecular weight excluding hydrogens is 209 g/mol.